The molecule has 1 aliphatic rings. The fraction of sp³-hybridized carbons (Fsp3) is 0. The molecule has 0 saturated heterocycles. The molecule has 0 unspecified atom stereocenters. The molecular formula is C4H5IO2. The van der Waals surface area contributed by atoms with Gasteiger partial charge in [0.1, 0.15) is 0 Å². The van der Waals surface area contributed by atoms with E-state index in [4.69, 9.17) is 8.17 Å². The number of halogens is 1. The average Bonchev–Trinajstić information content (AvgIpc) is 1.69. The molecule has 3 heteroatoms. The van der Waals surface area contributed by atoms with Crippen LogP contribution in [-0.4, -0.2) is 5.11 Å². The molecule has 0 saturated carbocycles. The third-order valence-electron chi connectivity index (χ3n) is 0.506. The van der Waals surface area contributed by atoms with Crippen LogP contribution in [0.4, 0.5) is 0 Å². The summed E-state index contributed by atoms with van der Waals surface area (Å²) in [6.07, 6.45) is 3.34. The van der Waals surface area contributed by atoms with Gasteiger partial charge in [-0.2, -0.15) is 0 Å². The van der Waals surface area contributed by atoms with E-state index in [9.17, 15) is 0 Å². The monoisotopic (exact) mass is 212 g/mol. The van der Waals surface area contributed by atoms with Gasteiger partial charge in [0.05, 0.1) is 0 Å². The van der Waals surface area contributed by atoms with E-state index in [0.717, 1.165) is 0 Å². The normalized spacial score (nSPS) is 19.1. The van der Waals surface area contributed by atoms with E-state index in [-0.39, 0.29) is 5.95 Å². The van der Waals surface area contributed by atoms with Crippen molar-refractivity contribution in [3.63, 3.8) is 0 Å². The summed E-state index contributed by atoms with van der Waals surface area (Å²) in [5.74, 6) is 0.0601. The number of rotatable bonds is 0. The van der Waals surface area contributed by atoms with Crippen LogP contribution in [0.2, 0.25) is 0 Å². The van der Waals surface area contributed by atoms with Gasteiger partial charge in [-0.25, -0.2) is 0 Å². The molecule has 0 aromatic carbocycles. The molecule has 0 fully saturated rings. The van der Waals surface area contributed by atoms with E-state index >= 15 is 0 Å². The predicted octanol–water partition coefficient (Wildman–Crippen LogP) is 1.55. The van der Waals surface area contributed by atoms with Crippen LogP contribution in [0.25, 0.3) is 0 Å². The molecule has 1 rings (SSSR count). The molecule has 0 amide bonds. The maximum atomic E-state index is 8.53. The Hall–Kier alpha value is -0.190. The average molecular weight is 212 g/mol. The molecule has 0 bridgehead atoms. The summed E-state index contributed by atoms with van der Waals surface area (Å²) >= 11 is -0.472. The first kappa shape index (κ1) is 4.96. The van der Waals surface area contributed by atoms with Gasteiger partial charge in [0.15, 0.2) is 0 Å². The second-order valence-corrected chi connectivity index (χ2v) is 2.81. The molecule has 0 aromatic heterocycles. The first-order chi connectivity index (χ1) is 3.39. The number of aliphatic hydroxyl groups is 1. The maximum absolute atomic E-state index is 8.53. The predicted molar refractivity (Wildman–Crippen MR) is 36.4 cm³/mol. The van der Waals surface area contributed by atoms with Gasteiger partial charge in [0, 0.05) is 0 Å². The standard InChI is InChI=1S/C4H5IO2/c6-4-2-1-3-5-7-4/h1-3,5-6H. The third-order valence-corrected chi connectivity index (χ3v) is 2.03. The minimum atomic E-state index is -0.472. The van der Waals surface area contributed by atoms with Crippen LogP contribution < -0.4 is 0 Å². The molecule has 0 aliphatic carbocycles. The zero-order valence-corrected chi connectivity index (χ0v) is 5.83. The molecule has 1 N–H and O–H groups in total. The number of aliphatic hydroxyl groups excluding tert-OH is 1. The second kappa shape index (κ2) is 2.20. The fourth-order valence-electron chi connectivity index (χ4n) is 0.259. The molecule has 1 heterocycles. The van der Waals surface area contributed by atoms with Crippen molar-refractivity contribution < 1.29 is 8.17 Å². The van der Waals surface area contributed by atoms with Crippen molar-refractivity contribution in [1.82, 2.24) is 0 Å². The molecule has 1 aliphatic heterocycles. The molecule has 40 valence electrons. The van der Waals surface area contributed by atoms with Crippen LogP contribution in [0, 0.1) is 0 Å². The van der Waals surface area contributed by atoms with Crippen LogP contribution in [0.1, 0.15) is 0 Å². The Labute approximate surface area is 52.3 Å². The van der Waals surface area contributed by atoms with Crippen molar-refractivity contribution in [3.05, 3.63) is 22.2 Å². The molecular weight excluding hydrogens is 207 g/mol. The van der Waals surface area contributed by atoms with Gasteiger partial charge in [-0.05, 0) is 0 Å². The number of hydrogen-bond donors (Lipinski definition) is 1. The van der Waals surface area contributed by atoms with Gasteiger partial charge in [-0.3, -0.25) is 0 Å². The summed E-state index contributed by atoms with van der Waals surface area (Å²) in [4.78, 5) is 0. The van der Waals surface area contributed by atoms with Crippen molar-refractivity contribution in [2.45, 2.75) is 0 Å². The Bertz CT molecular complexity index is 117. The molecule has 0 spiro atoms. The van der Waals surface area contributed by atoms with Gasteiger partial charge in [-0.15, -0.1) is 0 Å². The molecule has 0 radical (unpaired) electrons. The molecule has 2 nitrogen and oxygen atoms in total. The van der Waals surface area contributed by atoms with Crippen molar-refractivity contribution in [2.75, 3.05) is 0 Å². The summed E-state index contributed by atoms with van der Waals surface area (Å²) in [6.45, 7) is 0. The second-order valence-electron chi connectivity index (χ2n) is 1.01. The van der Waals surface area contributed by atoms with E-state index < -0.39 is 21.6 Å². The SMILES string of the molecule is OC1=CC=C[IH]O1. The van der Waals surface area contributed by atoms with Gasteiger partial charge < -0.3 is 0 Å². The Morgan fingerprint density at radius 3 is 2.86 bits per heavy atom. The first-order valence-electron chi connectivity index (χ1n) is 1.79. The molecule has 0 aromatic rings. The van der Waals surface area contributed by atoms with Gasteiger partial charge in [-0.1, -0.05) is 0 Å². The van der Waals surface area contributed by atoms with E-state index in [1.807, 2.05) is 4.08 Å². The zero-order valence-electron chi connectivity index (χ0n) is 3.50. The van der Waals surface area contributed by atoms with Crippen molar-refractivity contribution in [3.8, 4) is 0 Å². The van der Waals surface area contributed by atoms with Crippen molar-refractivity contribution >= 4 is 21.6 Å². The summed E-state index contributed by atoms with van der Waals surface area (Å²) in [5.41, 5.74) is 0. The molecule has 0 atom stereocenters. The van der Waals surface area contributed by atoms with Crippen LogP contribution in [-0.2, 0) is 3.07 Å². The van der Waals surface area contributed by atoms with Crippen molar-refractivity contribution in [1.29, 1.82) is 0 Å². The Morgan fingerprint density at radius 2 is 2.57 bits per heavy atom. The summed E-state index contributed by atoms with van der Waals surface area (Å²) in [5, 5.41) is 8.53. The van der Waals surface area contributed by atoms with E-state index in [1.54, 1.807) is 6.08 Å². The Morgan fingerprint density at radius 1 is 1.71 bits per heavy atom. The first-order valence-corrected chi connectivity index (χ1v) is 4.08. The Kier molecular flexibility index (Phi) is 1.56. The van der Waals surface area contributed by atoms with Crippen molar-refractivity contribution in [2.24, 2.45) is 0 Å². The molecule has 7 heavy (non-hydrogen) atoms. The summed E-state index contributed by atoms with van der Waals surface area (Å²) in [7, 11) is 0. The number of hydrogen-bond acceptors (Lipinski definition) is 2. The van der Waals surface area contributed by atoms with E-state index in [0.29, 0.717) is 0 Å². The summed E-state index contributed by atoms with van der Waals surface area (Å²) < 4.78 is 6.69. The van der Waals surface area contributed by atoms with E-state index in [1.165, 1.54) is 6.08 Å². The van der Waals surface area contributed by atoms with Gasteiger partial charge in [0.25, 0.3) is 0 Å². The zero-order chi connectivity index (χ0) is 5.11. The summed E-state index contributed by atoms with van der Waals surface area (Å²) in [6, 6.07) is 0. The minimum absolute atomic E-state index is 0.0601. The van der Waals surface area contributed by atoms with Crippen LogP contribution in [0.5, 0.6) is 0 Å². The van der Waals surface area contributed by atoms with E-state index in [2.05, 4.69) is 0 Å². The van der Waals surface area contributed by atoms with Gasteiger partial charge in [0.2, 0.25) is 0 Å². The third kappa shape index (κ3) is 1.38. The van der Waals surface area contributed by atoms with Crippen LogP contribution in [0.15, 0.2) is 22.2 Å². The van der Waals surface area contributed by atoms with Crippen LogP contribution >= 0.6 is 21.6 Å². The quantitative estimate of drug-likeness (QED) is 0.617. The van der Waals surface area contributed by atoms with Crippen LogP contribution in [0.3, 0.4) is 0 Å². The fourth-order valence-corrected chi connectivity index (χ4v) is 1.26. The van der Waals surface area contributed by atoms with Gasteiger partial charge >= 0.3 is 52.0 Å². The number of allylic oxidation sites excluding steroid dienone is 2. The topological polar surface area (TPSA) is 29.5 Å². The Balaban J connectivity index is 2.57.